The lowest BCUT2D eigenvalue weighted by Crippen LogP contribution is -2.54. The third kappa shape index (κ3) is 5.46. The molecular formula is C19H27N3O6S. The predicted octanol–water partition coefficient (Wildman–Crippen LogP) is 1.04. The largest absolute Gasteiger partial charge is 0.445 e. The molecule has 2 aliphatic rings. The van der Waals surface area contributed by atoms with Crippen molar-refractivity contribution in [2.75, 3.05) is 6.54 Å². The quantitative estimate of drug-likeness (QED) is 0.599. The smallest absolute Gasteiger partial charge is 0.410 e. The van der Waals surface area contributed by atoms with Crippen LogP contribution in [0.3, 0.4) is 0 Å². The van der Waals surface area contributed by atoms with E-state index < -0.39 is 33.4 Å². The van der Waals surface area contributed by atoms with E-state index in [-0.39, 0.29) is 31.7 Å². The summed E-state index contributed by atoms with van der Waals surface area (Å²) >= 11 is 0. The summed E-state index contributed by atoms with van der Waals surface area (Å²) < 4.78 is 37.9. The number of nitrogens with zero attached hydrogens (tertiary/aromatic N) is 1. The van der Waals surface area contributed by atoms with Crippen LogP contribution < -0.4 is 11.1 Å². The van der Waals surface area contributed by atoms with Gasteiger partial charge >= 0.3 is 6.09 Å². The van der Waals surface area contributed by atoms with Crippen molar-refractivity contribution in [3.05, 3.63) is 35.9 Å². The van der Waals surface area contributed by atoms with Gasteiger partial charge in [-0.1, -0.05) is 43.2 Å². The summed E-state index contributed by atoms with van der Waals surface area (Å²) in [4.78, 5) is 26.5. The summed E-state index contributed by atoms with van der Waals surface area (Å²) in [6.45, 7) is -0.310. The minimum atomic E-state index is -4.40. The Morgan fingerprint density at radius 1 is 1.21 bits per heavy atom. The summed E-state index contributed by atoms with van der Waals surface area (Å²) in [5.41, 5.74) is 6.84. The van der Waals surface area contributed by atoms with E-state index in [0.29, 0.717) is 0 Å². The number of likely N-dealkylation sites (tertiary alicyclic amines) is 1. The van der Waals surface area contributed by atoms with Crippen LogP contribution in [0.15, 0.2) is 30.3 Å². The average molecular weight is 426 g/mol. The number of nitrogens with two attached hydrogens (primary N) is 1. The summed E-state index contributed by atoms with van der Waals surface area (Å²) in [5.74, 6) is -0.477. The minimum absolute atomic E-state index is 0.00540. The highest BCUT2D eigenvalue weighted by molar-refractivity contribution is 7.86. The standard InChI is InChI=1S/C19H27N3O6S/c20-15-8-4-5-9-16(15)21-18(23)17-10-14(29(25,26)27)11-22(17)19(24)28-12-13-6-2-1-3-7-13/h1-3,6-7,14-17H,4-5,8-12,20H2,(H,21,23)(H,25,26,27)/t14-,15-,16?,17+/m1/s1. The molecule has 3 rings (SSSR count). The average Bonchev–Trinajstić information content (AvgIpc) is 3.15. The lowest BCUT2D eigenvalue weighted by Gasteiger charge is -2.31. The molecule has 1 unspecified atom stereocenters. The van der Waals surface area contributed by atoms with Crippen LogP contribution in [0.25, 0.3) is 0 Å². The van der Waals surface area contributed by atoms with Crippen LogP contribution in [0, 0.1) is 0 Å². The normalized spacial score (nSPS) is 27.4. The van der Waals surface area contributed by atoms with Crippen LogP contribution in [0.1, 0.15) is 37.7 Å². The highest BCUT2D eigenvalue weighted by atomic mass is 32.2. The molecule has 9 nitrogen and oxygen atoms in total. The zero-order valence-corrected chi connectivity index (χ0v) is 16.9. The number of hydrogen-bond acceptors (Lipinski definition) is 6. The maximum absolute atomic E-state index is 12.8. The highest BCUT2D eigenvalue weighted by Gasteiger charge is 2.45. The van der Waals surface area contributed by atoms with Gasteiger partial charge < -0.3 is 15.8 Å². The van der Waals surface area contributed by atoms with Gasteiger partial charge in [0, 0.05) is 18.6 Å². The first-order chi connectivity index (χ1) is 13.8. The Kier molecular flexibility index (Phi) is 6.76. The molecule has 1 saturated carbocycles. The molecule has 1 aliphatic carbocycles. The van der Waals surface area contributed by atoms with Crippen molar-refractivity contribution in [1.82, 2.24) is 10.2 Å². The van der Waals surface area contributed by atoms with E-state index in [4.69, 9.17) is 10.5 Å². The van der Waals surface area contributed by atoms with E-state index >= 15 is 0 Å². The van der Waals surface area contributed by atoms with E-state index in [0.717, 1.165) is 36.1 Å². The first-order valence-corrected chi connectivity index (χ1v) is 11.3. The number of amides is 2. The van der Waals surface area contributed by atoms with Crippen molar-refractivity contribution >= 4 is 22.1 Å². The van der Waals surface area contributed by atoms with Crippen LogP contribution in [-0.4, -0.2) is 59.8 Å². The molecular weight excluding hydrogens is 398 g/mol. The molecule has 2 fully saturated rings. The molecule has 0 aromatic heterocycles. The summed E-state index contributed by atoms with van der Waals surface area (Å²) in [7, 11) is -4.40. The molecule has 1 aromatic rings. The Morgan fingerprint density at radius 2 is 1.90 bits per heavy atom. The zero-order valence-electron chi connectivity index (χ0n) is 16.1. The second-order valence-electron chi connectivity index (χ2n) is 7.64. The number of hydrogen-bond donors (Lipinski definition) is 3. The third-order valence-electron chi connectivity index (χ3n) is 5.57. The van der Waals surface area contributed by atoms with Gasteiger partial charge in [-0.2, -0.15) is 8.42 Å². The Bertz CT molecular complexity index is 832. The maximum Gasteiger partial charge on any atom is 0.410 e. The molecule has 1 aromatic carbocycles. The fourth-order valence-electron chi connectivity index (χ4n) is 3.88. The fraction of sp³-hybridized carbons (Fsp3) is 0.579. The number of nitrogens with one attached hydrogen (secondary N) is 1. The van der Waals surface area contributed by atoms with Gasteiger partial charge in [0.15, 0.2) is 0 Å². The lowest BCUT2D eigenvalue weighted by atomic mass is 9.91. The zero-order chi connectivity index (χ0) is 21.0. The molecule has 0 spiro atoms. The van der Waals surface area contributed by atoms with Gasteiger partial charge in [0.05, 0.1) is 0 Å². The second kappa shape index (κ2) is 9.10. The molecule has 4 N–H and O–H groups in total. The number of carbonyl (C=O) groups excluding carboxylic acids is 2. The van der Waals surface area contributed by atoms with Gasteiger partial charge in [-0.05, 0) is 24.8 Å². The van der Waals surface area contributed by atoms with Gasteiger partial charge in [-0.15, -0.1) is 0 Å². The van der Waals surface area contributed by atoms with E-state index in [1.165, 1.54) is 0 Å². The van der Waals surface area contributed by atoms with Gasteiger partial charge in [0.2, 0.25) is 5.91 Å². The second-order valence-corrected chi connectivity index (χ2v) is 9.34. The number of rotatable bonds is 5. The predicted molar refractivity (Wildman–Crippen MR) is 105 cm³/mol. The van der Waals surface area contributed by atoms with E-state index in [1.807, 2.05) is 6.07 Å². The lowest BCUT2D eigenvalue weighted by molar-refractivity contribution is -0.126. The van der Waals surface area contributed by atoms with Crippen LogP contribution in [0.5, 0.6) is 0 Å². The maximum atomic E-state index is 12.8. The number of carbonyl (C=O) groups is 2. The molecule has 1 heterocycles. The van der Waals surface area contributed by atoms with Gasteiger partial charge in [-0.3, -0.25) is 14.2 Å². The Labute approximate surface area is 170 Å². The highest BCUT2D eigenvalue weighted by Crippen LogP contribution is 2.25. The fourth-order valence-corrected chi connectivity index (χ4v) is 4.66. The Hall–Kier alpha value is -2.17. The molecule has 29 heavy (non-hydrogen) atoms. The number of benzene rings is 1. The van der Waals surface area contributed by atoms with Crippen molar-refractivity contribution in [3.63, 3.8) is 0 Å². The summed E-state index contributed by atoms with van der Waals surface area (Å²) in [6.07, 6.45) is 2.49. The Balaban J connectivity index is 1.69. The van der Waals surface area contributed by atoms with Crippen molar-refractivity contribution in [1.29, 1.82) is 0 Å². The number of ether oxygens (including phenoxy) is 1. The van der Waals surface area contributed by atoms with E-state index in [1.54, 1.807) is 24.3 Å². The van der Waals surface area contributed by atoms with Crippen LogP contribution in [0.2, 0.25) is 0 Å². The molecule has 0 radical (unpaired) electrons. The Morgan fingerprint density at radius 3 is 2.55 bits per heavy atom. The van der Waals surface area contributed by atoms with E-state index in [2.05, 4.69) is 5.32 Å². The minimum Gasteiger partial charge on any atom is -0.445 e. The molecule has 10 heteroatoms. The molecule has 1 aliphatic heterocycles. The van der Waals surface area contributed by atoms with Crippen molar-refractivity contribution in [2.45, 2.75) is 62.1 Å². The monoisotopic (exact) mass is 425 g/mol. The SMILES string of the molecule is N[C@@H]1CCCCC1NC(=O)[C@@H]1C[C@@H](S(=O)(=O)O)CN1C(=O)OCc1ccccc1. The molecule has 2 amide bonds. The molecule has 0 bridgehead atoms. The van der Waals surface area contributed by atoms with Gasteiger partial charge in [0.25, 0.3) is 10.1 Å². The third-order valence-corrected chi connectivity index (χ3v) is 6.76. The van der Waals surface area contributed by atoms with Crippen LogP contribution in [-0.2, 0) is 26.3 Å². The summed E-state index contributed by atoms with van der Waals surface area (Å²) in [5, 5.41) is 1.62. The topological polar surface area (TPSA) is 139 Å². The molecule has 1 saturated heterocycles. The van der Waals surface area contributed by atoms with E-state index in [9.17, 15) is 22.6 Å². The van der Waals surface area contributed by atoms with Crippen molar-refractivity contribution in [2.24, 2.45) is 5.73 Å². The van der Waals surface area contributed by atoms with Gasteiger partial charge in [-0.25, -0.2) is 4.79 Å². The van der Waals surface area contributed by atoms with Crippen molar-refractivity contribution in [3.8, 4) is 0 Å². The summed E-state index contributed by atoms with van der Waals surface area (Å²) in [6, 6.07) is 7.57. The van der Waals surface area contributed by atoms with Crippen molar-refractivity contribution < 1.29 is 27.3 Å². The molecule has 4 atom stereocenters. The van der Waals surface area contributed by atoms with Crippen LogP contribution in [0.4, 0.5) is 4.79 Å². The van der Waals surface area contributed by atoms with Gasteiger partial charge in [0.1, 0.15) is 17.9 Å². The first kappa shape index (κ1) is 21.5. The first-order valence-electron chi connectivity index (χ1n) is 9.75. The molecule has 160 valence electrons. The van der Waals surface area contributed by atoms with Crippen LogP contribution >= 0.6 is 0 Å².